The van der Waals surface area contributed by atoms with Crippen molar-refractivity contribution in [3.05, 3.63) is 29.8 Å². The molecule has 25 heavy (non-hydrogen) atoms. The Hall–Kier alpha value is -1.15. The van der Waals surface area contributed by atoms with Crippen LogP contribution < -0.4 is 16.2 Å². The van der Waals surface area contributed by atoms with Gasteiger partial charge in [0.1, 0.15) is 0 Å². The van der Waals surface area contributed by atoms with Crippen LogP contribution in [0.1, 0.15) is 44.1 Å². The summed E-state index contributed by atoms with van der Waals surface area (Å²) >= 11 is 0. The van der Waals surface area contributed by atoms with E-state index in [1.165, 1.54) is 18.6 Å². The second-order valence-corrected chi connectivity index (χ2v) is 8.29. The Balaban J connectivity index is 0.00000312. The van der Waals surface area contributed by atoms with Crippen molar-refractivity contribution in [2.75, 3.05) is 13.1 Å². The highest BCUT2D eigenvalue weighted by Gasteiger charge is 2.32. The van der Waals surface area contributed by atoms with Crippen LogP contribution in [0.25, 0.3) is 0 Å². The van der Waals surface area contributed by atoms with Gasteiger partial charge in [0, 0.05) is 13.0 Å². The number of carbonyl (C=O) groups is 1. The Morgan fingerprint density at radius 2 is 1.72 bits per heavy atom. The van der Waals surface area contributed by atoms with Gasteiger partial charge in [0.2, 0.25) is 15.9 Å². The van der Waals surface area contributed by atoms with Crippen LogP contribution in [-0.4, -0.2) is 27.4 Å². The number of rotatable bonds is 7. The van der Waals surface area contributed by atoms with E-state index in [0.29, 0.717) is 25.9 Å². The molecule has 0 radical (unpaired) electrons. The van der Waals surface area contributed by atoms with E-state index in [2.05, 4.69) is 5.32 Å². The van der Waals surface area contributed by atoms with Crippen molar-refractivity contribution in [2.24, 2.45) is 16.3 Å². The number of nitrogens with two attached hydrogens (primary N) is 2. The molecule has 5 N–H and O–H groups in total. The highest BCUT2D eigenvalue weighted by molar-refractivity contribution is 7.89. The highest BCUT2D eigenvalue weighted by atomic mass is 35.5. The van der Waals surface area contributed by atoms with Crippen molar-refractivity contribution < 1.29 is 13.2 Å². The lowest BCUT2D eigenvalue weighted by atomic mass is 9.71. The van der Waals surface area contributed by atoms with E-state index in [9.17, 15) is 13.2 Å². The number of halogens is 1. The zero-order valence-corrected chi connectivity index (χ0v) is 16.0. The summed E-state index contributed by atoms with van der Waals surface area (Å²) in [5.41, 5.74) is 6.84. The topological polar surface area (TPSA) is 115 Å². The minimum atomic E-state index is -3.66. The number of benzene rings is 1. The maximum absolute atomic E-state index is 12.2. The average molecular weight is 390 g/mol. The molecule has 1 aromatic carbocycles. The highest BCUT2D eigenvalue weighted by Crippen LogP contribution is 2.38. The van der Waals surface area contributed by atoms with Crippen LogP contribution >= 0.6 is 12.4 Å². The SMILES string of the molecule is Cl.NCC1(CC(=O)NCCc2ccc(S(N)(=O)=O)cc2)CCCCC1. The Kier molecular flexibility index (Phi) is 8.34. The molecule has 1 aliphatic carbocycles. The van der Waals surface area contributed by atoms with Gasteiger partial charge in [0.15, 0.2) is 0 Å². The maximum atomic E-state index is 12.2. The van der Waals surface area contributed by atoms with E-state index in [-0.39, 0.29) is 28.6 Å². The normalized spacial score (nSPS) is 16.7. The molecule has 1 aromatic rings. The smallest absolute Gasteiger partial charge is 0.238 e. The number of primary sulfonamides is 1. The molecule has 142 valence electrons. The summed E-state index contributed by atoms with van der Waals surface area (Å²) in [5, 5.41) is 8.01. The minimum Gasteiger partial charge on any atom is -0.356 e. The second-order valence-electron chi connectivity index (χ2n) is 6.73. The quantitative estimate of drug-likeness (QED) is 0.658. The Labute approximate surface area is 156 Å². The Morgan fingerprint density at radius 3 is 2.24 bits per heavy atom. The monoisotopic (exact) mass is 389 g/mol. The van der Waals surface area contributed by atoms with Gasteiger partial charge in [-0.25, -0.2) is 13.6 Å². The van der Waals surface area contributed by atoms with E-state index in [0.717, 1.165) is 31.2 Å². The lowest BCUT2D eigenvalue weighted by molar-refractivity contribution is -0.123. The fourth-order valence-electron chi connectivity index (χ4n) is 3.35. The first-order chi connectivity index (χ1) is 11.3. The minimum absolute atomic E-state index is 0. The number of hydrogen-bond acceptors (Lipinski definition) is 4. The van der Waals surface area contributed by atoms with Crippen LogP contribution in [0.5, 0.6) is 0 Å². The number of amides is 1. The van der Waals surface area contributed by atoms with Crippen molar-refractivity contribution in [1.29, 1.82) is 0 Å². The number of nitrogens with one attached hydrogen (secondary N) is 1. The summed E-state index contributed by atoms with van der Waals surface area (Å²) in [5.74, 6) is 0.0449. The second kappa shape index (κ2) is 9.52. The van der Waals surface area contributed by atoms with E-state index >= 15 is 0 Å². The molecule has 0 atom stereocenters. The third kappa shape index (κ3) is 6.58. The van der Waals surface area contributed by atoms with Crippen molar-refractivity contribution >= 4 is 28.3 Å². The maximum Gasteiger partial charge on any atom is 0.238 e. The summed E-state index contributed by atoms with van der Waals surface area (Å²) in [4.78, 5) is 12.3. The van der Waals surface area contributed by atoms with Gasteiger partial charge in [-0.15, -0.1) is 12.4 Å². The van der Waals surface area contributed by atoms with E-state index in [1.54, 1.807) is 12.1 Å². The van der Waals surface area contributed by atoms with Gasteiger partial charge in [0.25, 0.3) is 0 Å². The summed E-state index contributed by atoms with van der Waals surface area (Å²) in [6.45, 7) is 1.09. The van der Waals surface area contributed by atoms with Gasteiger partial charge >= 0.3 is 0 Å². The van der Waals surface area contributed by atoms with Crippen LogP contribution in [0.4, 0.5) is 0 Å². The fraction of sp³-hybridized carbons (Fsp3) is 0.588. The summed E-state index contributed by atoms with van der Waals surface area (Å²) in [6.07, 6.45) is 6.75. The van der Waals surface area contributed by atoms with Crippen LogP contribution in [0, 0.1) is 5.41 Å². The van der Waals surface area contributed by atoms with E-state index in [4.69, 9.17) is 10.9 Å². The molecule has 0 aromatic heterocycles. The molecule has 1 amide bonds. The van der Waals surface area contributed by atoms with Crippen LogP contribution in [0.3, 0.4) is 0 Å². The zero-order chi connectivity index (χ0) is 17.6. The van der Waals surface area contributed by atoms with Gasteiger partial charge in [-0.3, -0.25) is 4.79 Å². The fourth-order valence-corrected chi connectivity index (χ4v) is 3.87. The van der Waals surface area contributed by atoms with E-state index < -0.39 is 10.0 Å². The zero-order valence-electron chi connectivity index (χ0n) is 14.4. The number of hydrogen-bond donors (Lipinski definition) is 3. The number of carbonyl (C=O) groups excluding carboxylic acids is 1. The lowest BCUT2D eigenvalue weighted by Crippen LogP contribution is -2.39. The molecule has 0 heterocycles. The molecule has 0 bridgehead atoms. The molecular weight excluding hydrogens is 362 g/mol. The average Bonchev–Trinajstić information content (AvgIpc) is 2.55. The summed E-state index contributed by atoms with van der Waals surface area (Å²) in [6, 6.07) is 6.40. The van der Waals surface area contributed by atoms with Crippen molar-refractivity contribution in [3.63, 3.8) is 0 Å². The van der Waals surface area contributed by atoms with Crippen molar-refractivity contribution in [2.45, 2.75) is 49.8 Å². The van der Waals surface area contributed by atoms with Crippen LogP contribution in [0.2, 0.25) is 0 Å². The Morgan fingerprint density at radius 1 is 1.12 bits per heavy atom. The van der Waals surface area contributed by atoms with Crippen molar-refractivity contribution in [1.82, 2.24) is 5.32 Å². The standard InChI is InChI=1S/C17H27N3O3S.ClH/c18-13-17(9-2-1-3-10-17)12-16(21)20-11-8-14-4-6-15(7-5-14)24(19,22)23;/h4-7H,1-3,8-13,18H2,(H,20,21)(H2,19,22,23);1H. The molecule has 1 fully saturated rings. The molecule has 2 rings (SSSR count). The summed E-state index contributed by atoms with van der Waals surface area (Å²) < 4.78 is 22.4. The molecule has 0 saturated heterocycles. The predicted molar refractivity (Wildman–Crippen MR) is 101 cm³/mol. The molecule has 1 aliphatic rings. The molecule has 8 heteroatoms. The third-order valence-corrected chi connectivity index (χ3v) is 5.80. The first-order valence-corrected chi connectivity index (χ1v) is 9.98. The Bertz CT molecular complexity index is 656. The van der Waals surface area contributed by atoms with Gasteiger partial charge in [0.05, 0.1) is 4.90 Å². The predicted octanol–water partition coefficient (Wildman–Crippen LogP) is 1.71. The summed E-state index contributed by atoms with van der Waals surface area (Å²) in [7, 11) is -3.66. The van der Waals surface area contributed by atoms with Gasteiger partial charge in [-0.2, -0.15) is 0 Å². The van der Waals surface area contributed by atoms with Crippen LogP contribution in [0.15, 0.2) is 29.2 Å². The molecule has 0 unspecified atom stereocenters. The van der Waals surface area contributed by atoms with E-state index in [1.807, 2.05) is 0 Å². The molecule has 1 saturated carbocycles. The van der Waals surface area contributed by atoms with Gasteiger partial charge in [-0.05, 0) is 48.9 Å². The third-order valence-electron chi connectivity index (χ3n) is 4.87. The van der Waals surface area contributed by atoms with Gasteiger partial charge < -0.3 is 11.1 Å². The first kappa shape index (κ1) is 21.9. The largest absolute Gasteiger partial charge is 0.356 e. The molecule has 0 spiro atoms. The lowest BCUT2D eigenvalue weighted by Gasteiger charge is -2.35. The molecule has 6 nitrogen and oxygen atoms in total. The van der Waals surface area contributed by atoms with Crippen LogP contribution in [-0.2, 0) is 21.2 Å². The van der Waals surface area contributed by atoms with Gasteiger partial charge in [-0.1, -0.05) is 31.4 Å². The molecular formula is C17H28ClN3O3S. The number of sulfonamides is 1. The van der Waals surface area contributed by atoms with Crippen molar-refractivity contribution in [3.8, 4) is 0 Å². The first-order valence-electron chi connectivity index (χ1n) is 8.43. The molecule has 0 aliphatic heterocycles.